The van der Waals surface area contributed by atoms with Crippen LogP contribution in [0.2, 0.25) is 0 Å². The van der Waals surface area contributed by atoms with Gasteiger partial charge in [-0.05, 0) is 12.1 Å². The lowest BCUT2D eigenvalue weighted by atomic mass is 10.3. The molecule has 0 aliphatic heterocycles. The third-order valence-electron chi connectivity index (χ3n) is 2.13. The number of benzene rings is 1. The molecular weight excluding hydrogens is 250 g/mol. The molecule has 0 saturated carbocycles. The number of rotatable bonds is 7. The van der Waals surface area contributed by atoms with Gasteiger partial charge in [-0.3, -0.25) is 10.1 Å². The fourth-order valence-corrected chi connectivity index (χ4v) is 1.33. The molecule has 0 radical (unpaired) electrons. The molecule has 0 aromatic heterocycles. The quantitative estimate of drug-likeness (QED) is 0.617. The molecule has 104 valence electrons. The summed E-state index contributed by atoms with van der Waals surface area (Å²) in [5, 5.41) is 4.82. The van der Waals surface area contributed by atoms with E-state index in [-0.39, 0.29) is 6.54 Å². The monoisotopic (exact) mass is 267 g/mol. The molecular formula is C12H17N3O4. The van der Waals surface area contributed by atoms with Gasteiger partial charge in [-0.1, -0.05) is 12.1 Å². The number of hydrogen-bond donors (Lipinski definition) is 3. The van der Waals surface area contributed by atoms with Crippen LogP contribution in [0.4, 0.5) is 10.5 Å². The van der Waals surface area contributed by atoms with Crippen LogP contribution in [0.1, 0.15) is 0 Å². The van der Waals surface area contributed by atoms with Crippen molar-refractivity contribution >= 4 is 17.6 Å². The van der Waals surface area contributed by atoms with Crippen LogP contribution in [-0.2, 0) is 9.53 Å². The Bertz CT molecular complexity index is 437. The Balaban J connectivity index is 2.52. The Morgan fingerprint density at radius 2 is 2.00 bits per heavy atom. The van der Waals surface area contributed by atoms with E-state index in [0.717, 1.165) is 0 Å². The van der Waals surface area contributed by atoms with Gasteiger partial charge in [0.15, 0.2) is 0 Å². The van der Waals surface area contributed by atoms with Crippen LogP contribution in [0, 0.1) is 0 Å². The summed E-state index contributed by atoms with van der Waals surface area (Å²) in [7, 11) is 1.59. The van der Waals surface area contributed by atoms with E-state index < -0.39 is 11.9 Å². The molecule has 7 nitrogen and oxygen atoms in total. The standard InChI is InChI=1S/C12H17N3O4/c1-18-6-7-19-10-5-3-2-4-9(10)14-8-11(16)15-12(13)17/h2-5,14H,6-8H2,1H3,(H3,13,15,16,17). The van der Waals surface area contributed by atoms with Crippen molar-refractivity contribution in [1.29, 1.82) is 0 Å². The summed E-state index contributed by atoms with van der Waals surface area (Å²) in [4.78, 5) is 21.7. The Hall–Kier alpha value is -2.28. The fourth-order valence-electron chi connectivity index (χ4n) is 1.33. The Morgan fingerprint density at radius 1 is 1.26 bits per heavy atom. The predicted molar refractivity (Wildman–Crippen MR) is 70.0 cm³/mol. The van der Waals surface area contributed by atoms with Crippen LogP contribution in [-0.4, -0.2) is 38.8 Å². The molecule has 0 atom stereocenters. The number of para-hydroxylation sites is 2. The van der Waals surface area contributed by atoms with E-state index in [1.54, 1.807) is 25.3 Å². The summed E-state index contributed by atoms with van der Waals surface area (Å²) in [6, 6.07) is 6.27. The minimum absolute atomic E-state index is 0.0758. The van der Waals surface area contributed by atoms with Crippen molar-refractivity contribution in [1.82, 2.24) is 5.32 Å². The summed E-state index contributed by atoms with van der Waals surface area (Å²) in [5.41, 5.74) is 5.49. The number of amides is 3. The summed E-state index contributed by atoms with van der Waals surface area (Å²) in [6.07, 6.45) is 0. The van der Waals surface area contributed by atoms with Crippen molar-refractivity contribution in [2.24, 2.45) is 5.73 Å². The van der Waals surface area contributed by atoms with E-state index in [9.17, 15) is 9.59 Å². The largest absolute Gasteiger partial charge is 0.489 e. The highest BCUT2D eigenvalue weighted by Gasteiger charge is 2.06. The Morgan fingerprint density at radius 3 is 2.68 bits per heavy atom. The number of anilines is 1. The molecule has 0 unspecified atom stereocenters. The topological polar surface area (TPSA) is 103 Å². The molecule has 0 aliphatic rings. The zero-order valence-corrected chi connectivity index (χ0v) is 10.6. The van der Waals surface area contributed by atoms with Crippen LogP contribution in [0.3, 0.4) is 0 Å². The summed E-state index contributed by atoms with van der Waals surface area (Å²) in [6.45, 7) is 0.798. The zero-order valence-electron chi connectivity index (χ0n) is 10.6. The minimum Gasteiger partial charge on any atom is -0.489 e. The lowest BCUT2D eigenvalue weighted by molar-refractivity contribution is -0.118. The predicted octanol–water partition coefficient (Wildman–Crippen LogP) is 0.319. The van der Waals surface area contributed by atoms with E-state index in [0.29, 0.717) is 24.7 Å². The van der Waals surface area contributed by atoms with Crippen molar-refractivity contribution in [3.63, 3.8) is 0 Å². The maximum Gasteiger partial charge on any atom is 0.318 e. The minimum atomic E-state index is -0.878. The lowest BCUT2D eigenvalue weighted by Gasteiger charge is -2.12. The van der Waals surface area contributed by atoms with Gasteiger partial charge in [0.25, 0.3) is 0 Å². The Kier molecular flexibility index (Phi) is 6.17. The van der Waals surface area contributed by atoms with E-state index >= 15 is 0 Å². The number of hydrogen-bond acceptors (Lipinski definition) is 5. The maximum atomic E-state index is 11.3. The third-order valence-corrected chi connectivity index (χ3v) is 2.13. The third kappa shape index (κ3) is 5.73. The molecule has 0 spiro atoms. The molecule has 0 aliphatic carbocycles. The SMILES string of the molecule is COCCOc1ccccc1NCC(=O)NC(N)=O. The second kappa shape index (κ2) is 7.93. The number of nitrogens with two attached hydrogens (primary N) is 1. The molecule has 3 amide bonds. The van der Waals surface area contributed by atoms with Crippen LogP contribution in [0.15, 0.2) is 24.3 Å². The van der Waals surface area contributed by atoms with Gasteiger partial charge in [-0.2, -0.15) is 0 Å². The molecule has 1 aromatic carbocycles. The van der Waals surface area contributed by atoms with Gasteiger partial charge >= 0.3 is 6.03 Å². The summed E-state index contributed by atoms with van der Waals surface area (Å²) in [5.74, 6) is 0.0885. The van der Waals surface area contributed by atoms with Crippen LogP contribution < -0.4 is 21.1 Å². The molecule has 0 bridgehead atoms. The molecule has 4 N–H and O–H groups in total. The molecule has 1 rings (SSSR count). The zero-order chi connectivity index (χ0) is 14.1. The highest BCUT2D eigenvalue weighted by molar-refractivity contribution is 5.95. The van der Waals surface area contributed by atoms with Crippen molar-refractivity contribution in [3.05, 3.63) is 24.3 Å². The number of urea groups is 1. The molecule has 19 heavy (non-hydrogen) atoms. The number of carbonyl (C=O) groups is 2. The van der Waals surface area contributed by atoms with E-state index in [1.165, 1.54) is 0 Å². The summed E-state index contributed by atoms with van der Waals surface area (Å²) < 4.78 is 10.4. The molecule has 7 heteroatoms. The van der Waals surface area contributed by atoms with Gasteiger partial charge in [-0.25, -0.2) is 4.79 Å². The first-order valence-corrected chi connectivity index (χ1v) is 5.67. The van der Waals surface area contributed by atoms with Crippen LogP contribution >= 0.6 is 0 Å². The Labute approximate surface area is 111 Å². The molecule has 0 saturated heterocycles. The van der Waals surface area contributed by atoms with Crippen molar-refractivity contribution in [2.75, 3.05) is 32.2 Å². The number of methoxy groups -OCH3 is 1. The first-order valence-electron chi connectivity index (χ1n) is 5.67. The van der Waals surface area contributed by atoms with Crippen molar-refractivity contribution in [2.45, 2.75) is 0 Å². The van der Waals surface area contributed by atoms with Crippen LogP contribution in [0.25, 0.3) is 0 Å². The average Bonchev–Trinajstić information content (AvgIpc) is 2.37. The van der Waals surface area contributed by atoms with Gasteiger partial charge < -0.3 is 20.5 Å². The lowest BCUT2D eigenvalue weighted by Crippen LogP contribution is -2.38. The second-order valence-electron chi connectivity index (χ2n) is 3.60. The summed E-state index contributed by atoms with van der Waals surface area (Å²) >= 11 is 0. The first-order chi connectivity index (χ1) is 9.13. The van der Waals surface area contributed by atoms with Gasteiger partial charge in [0, 0.05) is 7.11 Å². The smallest absolute Gasteiger partial charge is 0.318 e. The normalized spacial score (nSPS) is 9.74. The number of primary amides is 1. The van der Waals surface area contributed by atoms with Crippen molar-refractivity contribution < 1.29 is 19.1 Å². The fraction of sp³-hybridized carbons (Fsp3) is 0.333. The van der Waals surface area contributed by atoms with Crippen LogP contribution in [0.5, 0.6) is 5.75 Å². The van der Waals surface area contributed by atoms with Gasteiger partial charge in [0.1, 0.15) is 12.4 Å². The van der Waals surface area contributed by atoms with E-state index in [1.807, 2.05) is 11.4 Å². The van der Waals surface area contributed by atoms with E-state index in [2.05, 4.69) is 5.32 Å². The highest BCUT2D eigenvalue weighted by Crippen LogP contribution is 2.23. The van der Waals surface area contributed by atoms with Gasteiger partial charge in [-0.15, -0.1) is 0 Å². The maximum absolute atomic E-state index is 11.3. The second-order valence-corrected chi connectivity index (χ2v) is 3.60. The molecule has 0 fully saturated rings. The number of nitrogens with one attached hydrogen (secondary N) is 2. The van der Waals surface area contributed by atoms with E-state index in [4.69, 9.17) is 15.2 Å². The van der Waals surface area contributed by atoms with Gasteiger partial charge in [0.05, 0.1) is 18.8 Å². The van der Waals surface area contributed by atoms with Crippen molar-refractivity contribution in [3.8, 4) is 5.75 Å². The van der Waals surface area contributed by atoms with Gasteiger partial charge in [0.2, 0.25) is 5.91 Å². The molecule has 1 aromatic rings. The molecule has 0 heterocycles. The number of ether oxygens (including phenoxy) is 2. The highest BCUT2D eigenvalue weighted by atomic mass is 16.5. The number of carbonyl (C=O) groups excluding carboxylic acids is 2. The first kappa shape index (κ1) is 14.8. The average molecular weight is 267 g/mol. The number of imide groups is 1.